The van der Waals surface area contributed by atoms with E-state index in [9.17, 15) is 8.42 Å². The summed E-state index contributed by atoms with van der Waals surface area (Å²) in [6, 6.07) is 8.06. The van der Waals surface area contributed by atoms with Crippen LogP contribution < -0.4 is 14.2 Å². The topological polar surface area (TPSA) is 64.6 Å². The van der Waals surface area contributed by atoms with Crippen LogP contribution in [0.15, 0.2) is 34.5 Å². The molecule has 0 saturated heterocycles. The van der Waals surface area contributed by atoms with Gasteiger partial charge in [0.15, 0.2) is 11.5 Å². The number of nitrogens with one attached hydrogen (secondary N) is 1. The summed E-state index contributed by atoms with van der Waals surface area (Å²) >= 11 is 6.82. The molecular weight excluding hydrogens is 346 g/mol. The lowest BCUT2D eigenvalue weighted by Gasteiger charge is -2.21. The first-order chi connectivity index (χ1) is 10.5. The van der Waals surface area contributed by atoms with Crippen molar-refractivity contribution in [1.82, 2.24) is 4.72 Å². The summed E-state index contributed by atoms with van der Waals surface area (Å²) in [7, 11) is -3.60. The largest absolute Gasteiger partial charge is 0.486 e. The molecule has 0 radical (unpaired) electrons. The highest BCUT2D eigenvalue weighted by atomic mass is 35.5. The molecule has 0 amide bonds. The van der Waals surface area contributed by atoms with Crippen LogP contribution in [-0.4, -0.2) is 21.6 Å². The molecule has 0 spiro atoms. The molecule has 8 heteroatoms. The quantitative estimate of drug-likeness (QED) is 0.910. The van der Waals surface area contributed by atoms with Crippen LogP contribution in [0.1, 0.15) is 18.5 Å². The Balaban J connectivity index is 1.81. The van der Waals surface area contributed by atoms with Crippen molar-refractivity contribution in [1.29, 1.82) is 0 Å². The van der Waals surface area contributed by atoms with E-state index in [0.29, 0.717) is 29.0 Å². The third kappa shape index (κ3) is 3.22. The highest BCUT2D eigenvalue weighted by Crippen LogP contribution is 2.33. The average molecular weight is 360 g/mol. The van der Waals surface area contributed by atoms with Crippen molar-refractivity contribution in [3.8, 4) is 11.5 Å². The highest BCUT2D eigenvalue weighted by molar-refractivity contribution is 7.91. The van der Waals surface area contributed by atoms with E-state index in [-0.39, 0.29) is 4.21 Å². The van der Waals surface area contributed by atoms with Crippen LogP contribution in [0.4, 0.5) is 0 Å². The fourth-order valence-electron chi connectivity index (χ4n) is 2.13. The minimum Gasteiger partial charge on any atom is -0.486 e. The molecular formula is C14H14ClNO4S2. The second kappa shape index (κ2) is 6.08. The molecule has 0 bridgehead atoms. The fourth-order valence-corrected chi connectivity index (χ4v) is 4.86. The van der Waals surface area contributed by atoms with E-state index in [1.807, 2.05) is 6.07 Å². The van der Waals surface area contributed by atoms with Crippen molar-refractivity contribution in [2.75, 3.05) is 13.2 Å². The second-order valence-corrected chi connectivity index (χ2v) is 8.46. The Morgan fingerprint density at radius 3 is 2.59 bits per heavy atom. The van der Waals surface area contributed by atoms with E-state index in [1.165, 1.54) is 6.07 Å². The summed E-state index contributed by atoms with van der Waals surface area (Å²) in [4.78, 5) is 0. The molecule has 2 heterocycles. The van der Waals surface area contributed by atoms with E-state index in [1.54, 1.807) is 25.1 Å². The number of hydrogen-bond acceptors (Lipinski definition) is 5. The Kier molecular flexibility index (Phi) is 4.31. The third-order valence-corrected chi connectivity index (χ3v) is 6.48. The van der Waals surface area contributed by atoms with E-state index < -0.39 is 16.1 Å². The first-order valence-corrected chi connectivity index (χ1v) is 9.31. The number of fused-ring (bicyclic) bond motifs is 1. The molecule has 3 rings (SSSR count). The summed E-state index contributed by atoms with van der Waals surface area (Å²) < 4.78 is 38.8. The van der Waals surface area contributed by atoms with Crippen LogP contribution in [0.5, 0.6) is 11.5 Å². The first-order valence-electron chi connectivity index (χ1n) is 6.63. The summed E-state index contributed by atoms with van der Waals surface area (Å²) in [5.41, 5.74) is 0.801. The van der Waals surface area contributed by atoms with Crippen molar-refractivity contribution in [3.05, 3.63) is 40.2 Å². The van der Waals surface area contributed by atoms with E-state index in [4.69, 9.17) is 21.1 Å². The summed E-state index contributed by atoms with van der Waals surface area (Å²) in [6.45, 7) is 2.79. The standard InChI is InChI=1S/C14H14ClNO4S2/c1-9(16-22(17,18)14-5-4-13(15)21-14)10-2-3-11-12(8-10)20-7-6-19-11/h2-5,8-9,16H,6-7H2,1H3. The van der Waals surface area contributed by atoms with Crippen LogP contribution in [0.25, 0.3) is 0 Å². The molecule has 118 valence electrons. The molecule has 0 saturated carbocycles. The van der Waals surface area contributed by atoms with E-state index in [2.05, 4.69) is 4.72 Å². The predicted molar refractivity (Wildman–Crippen MR) is 85.5 cm³/mol. The fraction of sp³-hybridized carbons (Fsp3) is 0.286. The predicted octanol–water partition coefficient (Wildman–Crippen LogP) is 3.21. The Hall–Kier alpha value is -1.28. The number of sulfonamides is 1. The molecule has 22 heavy (non-hydrogen) atoms. The minimum absolute atomic E-state index is 0.196. The lowest BCUT2D eigenvalue weighted by atomic mass is 10.1. The molecule has 0 fully saturated rings. The van der Waals surface area contributed by atoms with Gasteiger partial charge in [0.2, 0.25) is 0 Å². The van der Waals surface area contributed by atoms with Crippen LogP contribution in [0.2, 0.25) is 4.34 Å². The molecule has 1 aliphatic rings. The van der Waals surface area contributed by atoms with Gasteiger partial charge >= 0.3 is 0 Å². The second-order valence-electron chi connectivity index (χ2n) is 4.80. The van der Waals surface area contributed by atoms with Gasteiger partial charge in [0.25, 0.3) is 10.0 Å². The van der Waals surface area contributed by atoms with Crippen LogP contribution in [0.3, 0.4) is 0 Å². The Morgan fingerprint density at radius 1 is 1.18 bits per heavy atom. The van der Waals surface area contributed by atoms with Gasteiger partial charge in [0, 0.05) is 6.04 Å². The van der Waals surface area contributed by atoms with Gasteiger partial charge < -0.3 is 9.47 Å². The maximum atomic E-state index is 12.3. The number of hydrogen-bond donors (Lipinski definition) is 1. The number of halogens is 1. The maximum Gasteiger partial charge on any atom is 0.250 e. The zero-order chi connectivity index (χ0) is 15.7. The van der Waals surface area contributed by atoms with Gasteiger partial charge in [-0.1, -0.05) is 17.7 Å². The summed E-state index contributed by atoms with van der Waals surface area (Å²) in [5.74, 6) is 1.31. The molecule has 1 unspecified atom stereocenters. The summed E-state index contributed by atoms with van der Waals surface area (Å²) in [6.07, 6.45) is 0. The first kappa shape index (κ1) is 15.6. The molecule has 1 aliphatic heterocycles. The van der Waals surface area contributed by atoms with Crippen molar-refractivity contribution in [3.63, 3.8) is 0 Å². The van der Waals surface area contributed by atoms with Crippen LogP contribution >= 0.6 is 22.9 Å². The number of rotatable bonds is 4. The normalized spacial score (nSPS) is 15.5. The van der Waals surface area contributed by atoms with Crippen LogP contribution in [0, 0.1) is 0 Å². The molecule has 1 atom stereocenters. The molecule has 0 aliphatic carbocycles. The molecule has 5 nitrogen and oxygen atoms in total. The molecule has 1 aromatic carbocycles. The molecule has 2 aromatic rings. The van der Waals surface area contributed by atoms with Crippen LogP contribution in [-0.2, 0) is 10.0 Å². The van der Waals surface area contributed by atoms with E-state index in [0.717, 1.165) is 16.9 Å². The van der Waals surface area contributed by atoms with E-state index >= 15 is 0 Å². The SMILES string of the molecule is CC(NS(=O)(=O)c1ccc(Cl)s1)c1ccc2c(c1)OCCO2. The van der Waals surface area contributed by atoms with Gasteiger partial charge in [0.05, 0.1) is 4.34 Å². The number of benzene rings is 1. The minimum atomic E-state index is -3.60. The lowest BCUT2D eigenvalue weighted by molar-refractivity contribution is 0.171. The Labute approximate surface area is 137 Å². The Morgan fingerprint density at radius 2 is 1.91 bits per heavy atom. The highest BCUT2D eigenvalue weighted by Gasteiger charge is 2.21. The molecule has 1 aromatic heterocycles. The third-order valence-electron chi connectivity index (χ3n) is 3.21. The van der Waals surface area contributed by atoms with Gasteiger partial charge in [-0.3, -0.25) is 0 Å². The maximum absolute atomic E-state index is 12.3. The molecule has 1 N–H and O–H groups in total. The monoisotopic (exact) mass is 359 g/mol. The number of thiophene rings is 1. The van der Waals surface area contributed by atoms with Gasteiger partial charge in [-0.25, -0.2) is 13.1 Å². The van der Waals surface area contributed by atoms with Gasteiger partial charge in [-0.15, -0.1) is 11.3 Å². The number of ether oxygens (including phenoxy) is 2. The van der Waals surface area contributed by atoms with Crippen molar-refractivity contribution >= 4 is 33.0 Å². The van der Waals surface area contributed by atoms with Gasteiger partial charge in [0.1, 0.15) is 17.4 Å². The Bertz CT molecular complexity index is 788. The average Bonchev–Trinajstić information content (AvgIpc) is 2.94. The van der Waals surface area contributed by atoms with Crippen molar-refractivity contribution in [2.45, 2.75) is 17.2 Å². The smallest absolute Gasteiger partial charge is 0.250 e. The zero-order valence-corrected chi connectivity index (χ0v) is 14.1. The van der Waals surface area contributed by atoms with Crippen molar-refractivity contribution < 1.29 is 17.9 Å². The van der Waals surface area contributed by atoms with Crippen molar-refractivity contribution in [2.24, 2.45) is 0 Å². The van der Waals surface area contributed by atoms with Gasteiger partial charge in [-0.2, -0.15) is 0 Å². The lowest BCUT2D eigenvalue weighted by Crippen LogP contribution is -2.26. The zero-order valence-electron chi connectivity index (χ0n) is 11.7. The summed E-state index contributed by atoms with van der Waals surface area (Å²) in [5, 5.41) is 0. The van der Waals surface area contributed by atoms with Gasteiger partial charge in [-0.05, 0) is 36.8 Å².